The molecule has 0 bridgehead atoms. The van der Waals surface area contributed by atoms with E-state index in [2.05, 4.69) is 9.82 Å². The number of carbonyl (C=O) groups is 1. The zero-order valence-electron chi connectivity index (χ0n) is 16.3. The number of piperidine rings is 1. The fourth-order valence-electron chi connectivity index (χ4n) is 3.73. The second kappa shape index (κ2) is 8.32. The van der Waals surface area contributed by atoms with E-state index in [1.165, 1.54) is 7.11 Å². The van der Waals surface area contributed by atoms with E-state index >= 15 is 0 Å². The summed E-state index contributed by atoms with van der Waals surface area (Å²) in [5.74, 6) is 0. The number of sulfonamides is 1. The number of ether oxygens (including phenoxy) is 1. The van der Waals surface area contributed by atoms with Crippen LogP contribution in [-0.2, 0) is 28.2 Å². The van der Waals surface area contributed by atoms with Gasteiger partial charge >= 0.3 is 6.09 Å². The van der Waals surface area contributed by atoms with E-state index in [4.69, 9.17) is 4.74 Å². The van der Waals surface area contributed by atoms with Gasteiger partial charge in [0.05, 0.1) is 25.1 Å². The van der Waals surface area contributed by atoms with Crippen molar-refractivity contribution in [2.45, 2.75) is 31.3 Å². The Balaban J connectivity index is 1.89. The van der Waals surface area contributed by atoms with Crippen LogP contribution < -0.4 is 4.72 Å². The summed E-state index contributed by atoms with van der Waals surface area (Å²) in [5.41, 5.74) is 2.85. The SMILES string of the molecule is COC(=O)N1CCCC(NS(C)(=O)=O)C1Cc1cccc(-c2ccn(C)n2)c1. The van der Waals surface area contributed by atoms with Gasteiger partial charge in [0.25, 0.3) is 0 Å². The van der Waals surface area contributed by atoms with Crippen molar-refractivity contribution in [1.29, 1.82) is 0 Å². The van der Waals surface area contributed by atoms with Crippen LogP contribution >= 0.6 is 0 Å². The van der Waals surface area contributed by atoms with Crippen LogP contribution in [0, 0.1) is 0 Å². The molecule has 1 saturated heterocycles. The normalized spacial score (nSPS) is 20.2. The molecule has 1 aliphatic heterocycles. The fourth-order valence-corrected chi connectivity index (χ4v) is 4.56. The summed E-state index contributed by atoms with van der Waals surface area (Å²) >= 11 is 0. The average molecular weight is 407 g/mol. The van der Waals surface area contributed by atoms with Gasteiger partial charge in [-0.05, 0) is 37.0 Å². The predicted molar refractivity (Wildman–Crippen MR) is 106 cm³/mol. The zero-order valence-corrected chi connectivity index (χ0v) is 17.1. The number of aromatic nitrogens is 2. The molecule has 1 aliphatic rings. The molecule has 0 spiro atoms. The van der Waals surface area contributed by atoms with Gasteiger partial charge in [0.2, 0.25) is 10.0 Å². The van der Waals surface area contributed by atoms with Crippen molar-refractivity contribution in [2.75, 3.05) is 19.9 Å². The van der Waals surface area contributed by atoms with Crippen LogP contribution in [0.15, 0.2) is 36.5 Å². The molecule has 2 aromatic rings. The minimum atomic E-state index is -3.39. The van der Waals surface area contributed by atoms with Crippen LogP contribution in [0.2, 0.25) is 0 Å². The standard InChI is InChI=1S/C19H26N4O4S/c1-22-11-9-16(20-22)15-7-4-6-14(12-15)13-18-17(21-28(3,25)26)8-5-10-23(18)19(24)27-2/h4,6-7,9,11-12,17-18,21H,5,8,10,13H2,1-3H3. The van der Waals surface area contributed by atoms with Gasteiger partial charge in [-0.3, -0.25) is 4.68 Å². The minimum Gasteiger partial charge on any atom is -0.453 e. The minimum absolute atomic E-state index is 0.324. The molecule has 28 heavy (non-hydrogen) atoms. The second-order valence-corrected chi connectivity index (χ2v) is 8.93. The lowest BCUT2D eigenvalue weighted by Crippen LogP contribution is -2.57. The summed E-state index contributed by atoms with van der Waals surface area (Å²) in [7, 11) is -0.187. The molecule has 1 aromatic carbocycles. The smallest absolute Gasteiger partial charge is 0.409 e. The van der Waals surface area contributed by atoms with Crippen LogP contribution in [0.4, 0.5) is 4.79 Å². The third kappa shape index (κ3) is 4.90. The van der Waals surface area contributed by atoms with Gasteiger partial charge in [0.1, 0.15) is 0 Å². The van der Waals surface area contributed by atoms with Gasteiger partial charge in [0.15, 0.2) is 0 Å². The molecular weight excluding hydrogens is 380 g/mol. The lowest BCUT2D eigenvalue weighted by Gasteiger charge is -2.40. The Hall–Kier alpha value is -2.39. The number of aryl methyl sites for hydroxylation is 1. The third-order valence-electron chi connectivity index (χ3n) is 4.93. The molecule has 2 heterocycles. The first-order chi connectivity index (χ1) is 13.3. The third-order valence-corrected chi connectivity index (χ3v) is 5.67. The fraction of sp³-hybridized carbons (Fsp3) is 0.474. The highest BCUT2D eigenvalue weighted by Gasteiger charge is 2.36. The van der Waals surface area contributed by atoms with Crippen LogP contribution in [0.3, 0.4) is 0 Å². The Morgan fingerprint density at radius 2 is 2.14 bits per heavy atom. The molecule has 0 aliphatic carbocycles. The number of likely N-dealkylation sites (tertiary alicyclic amines) is 1. The van der Waals surface area contributed by atoms with Crippen LogP contribution in [0.25, 0.3) is 11.3 Å². The Kier molecular flexibility index (Phi) is 6.04. The monoisotopic (exact) mass is 406 g/mol. The summed E-state index contributed by atoms with van der Waals surface area (Å²) in [4.78, 5) is 13.9. The molecule has 2 unspecified atom stereocenters. The number of amides is 1. The van der Waals surface area contributed by atoms with Crippen molar-refractivity contribution in [3.63, 3.8) is 0 Å². The second-order valence-electron chi connectivity index (χ2n) is 7.15. The average Bonchev–Trinajstić information content (AvgIpc) is 3.08. The van der Waals surface area contributed by atoms with E-state index < -0.39 is 16.1 Å². The Morgan fingerprint density at radius 1 is 1.36 bits per heavy atom. The molecule has 1 fully saturated rings. The van der Waals surface area contributed by atoms with Crippen molar-refractivity contribution in [2.24, 2.45) is 7.05 Å². The van der Waals surface area contributed by atoms with E-state index in [1.54, 1.807) is 9.58 Å². The molecule has 9 heteroatoms. The highest BCUT2D eigenvalue weighted by atomic mass is 32.2. The Morgan fingerprint density at radius 3 is 2.79 bits per heavy atom. The van der Waals surface area contributed by atoms with Crippen LogP contribution in [0.1, 0.15) is 18.4 Å². The largest absolute Gasteiger partial charge is 0.453 e. The number of nitrogens with zero attached hydrogens (tertiary/aromatic N) is 3. The van der Waals surface area contributed by atoms with E-state index in [0.717, 1.165) is 23.1 Å². The maximum Gasteiger partial charge on any atom is 0.409 e. The number of hydrogen-bond acceptors (Lipinski definition) is 5. The predicted octanol–water partition coefficient (Wildman–Crippen LogP) is 1.78. The lowest BCUT2D eigenvalue weighted by atomic mass is 9.91. The zero-order chi connectivity index (χ0) is 20.3. The lowest BCUT2D eigenvalue weighted by molar-refractivity contribution is 0.0792. The number of methoxy groups -OCH3 is 1. The summed E-state index contributed by atoms with van der Waals surface area (Å²) < 4.78 is 33.0. The van der Waals surface area contributed by atoms with E-state index in [0.29, 0.717) is 25.8 Å². The maximum atomic E-state index is 12.3. The van der Waals surface area contributed by atoms with Crippen molar-refractivity contribution in [3.05, 3.63) is 42.1 Å². The number of benzene rings is 1. The summed E-state index contributed by atoms with van der Waals surface area (Å²) in [6, 6.07) is 9.20. The Labute approximate surface area is 165 Å². The van der Waals surface area contributed by atoms with Gasteiger partial charge in [-0.2, -0.15) is 5.10 Å². The van der Waals surface area contributed by atoms with E-state index in [9.17, 15) is 13.2 Å². The first-order valence-electron chi connectivity index (χ1n) is 9.17. The first kappa shape index (κ1) is 20.3. The summed E-state index contributed by atoms with van der Waals surface area (Å²) in [5, 5.41) is 4.43. The number of carbonyl (C=O) groups excluding carboxylic acids is 1. The number of hydrogen-bond donors (Lipinski definition) is 1. The molecule has 1 aromatic heterocycles. The molecule has 1 amide bonds. The summed E-state index contributed by atoms with van der Waals surface area (Å²) in [6.45, 7) is 0.541. The van der Waals surface area contributed by atoms with Gasteiger partial charge in [0, 0.05) is 31.4 Å². The van der Waals surface area contributed by atoms with Gasteiger partial charge in [-0.1, -0.05) is 18.2 Å². The molecule has 3 rings (SSSR count). The number of rotatable bonds is 5. The Bertz CT molecular complexity index is 941. The van der Waals surface area contributed by atoms with Crippen molar-refractivity contribution in [1.82, 2.24) is 19.4 Å². The molecule has 152 valence electrons. The maximum absolute atomic E-state index is 12.3. The van der Waals surface area contributed by atoms with Crippen molar-refractivity contribution in [3.8, 4) is 11.3 Å². The van der Waals surface area contributed by atoms with Crippen LogP contribution in [0.5, 0.6) is 0 Å². The molecule has 0 saturated carbocycles. The molecule has 1 N–H and O–H groups in total. The van der Waals surface area contributed by atoms with Gasteiger partial charge in [-0.25, -0.2) is 17.9 Å². The van der Waals surface area contributed by atoms with Crippen LogP contribution in [-0.4, -0.2) is 61.2 Å². The quantitative estimate of drug-likeness (QED) is 0.817. The van der Waals surface area contributed by atoms with E-state index in [1.807, 2.05) is 43.6 Å². The highest BCUT2D eigenvalue weighted by molar-refractivity contribution is 7.88. The number of nitrogens with one attached hydrogen (secondary N) is 1. The molecule has 8 nitrogen and oxygen atoms in total. The molecule has 2 atom stereocenters. The van der Waals surface area contributed by atoms with Gasteiger partial charge < -0.3 is 9.64 Å². The highest BCUT2D eigenvalue weighted by Crippen LogP contribution is 2.25. The summed E-state index contributed by atoms with van der Waals surface area (Å²) in [6.07, 6.45) is 4.49. The van der Waals surface area contributed by atoms with E-state index in [-0.39, 0.29) is 12.1 Å². The van der Waals surface area contributed by atoms with Crippen molar-refractivity contribution >= 4 is 16.1 Å². The van der Waals surface area contributed by atoms with Gasteiger partial charge in [-0.15, -0.1) is 0 Å². The molecular formula is C19H26N4O4S. The topological polar surface area (TPSA) is 93.5 Å². The van der Waals surface area contributed by atoms with Crippen molar-refractivity contribution < 1.29 is 17.9 Å². The molecule has 0 radical (unpaired) electrons. The first-order valence-corrected chi connectivity index (χ1v) is 11.1.